The average Bonchev–Trinajstić information content (AvgIpc) is 3.16. The highest BCUT2D eigenvalue weighted by atomic mass is 14.2. The van der Waals surface area contributed by atoms with Gasteiger partial charge in [0.2, 0.25) is 0 Å². The summed E-state index contributed by atoms with van der Waals surface area (Å²) in [6.45, 7) is 3.93. The fourth-order valence-electron chi connectivity index (χ4n) is 7.08. The van der Waals surface area contributed by atoms with E-state index in [9.17, 15) is 0 Å². The summed E-state index contributed by atoms with van der Waals surface area (Å²) in [6, 6.07) is 61.6. The quantitative estimate of drug-likeness (QED) is 0.124. The number of hydrogen-bond acceptors (Lipinski definition) is 0. The molecule has 0 heterocycles. The van der Waals surface area contributed by atoms with Crippen LogP contribution < -0.4 is 0 Å². The van der Waals surface area contributed by atoms with Gasteiger partial charge in [0.15, 0.2) is 0 Å². The molecule has 0 saturated carbocycles. The second-order valence-electron chi connectivity index (χ2n) is 12.1. The van der Waals surface area contributed by atoms with Crippen molar-refractivity contribution >= 4 is 37.9 Å². The summed E-state index contributed by atoms with van der Waals surface area (Å²) in [6.07, 6.45) is 8.15. The van der Waals surface area contributed by atoms with E-state index in [-0.39, 0.29) is 0 Å². The third kappa shape index (κ3) is 5.34. The molecule has 0 aromatic heterocycles. The van der Waals surface area contributed by atoms with E-state index in [1.807, 2.05) is 12.2 Å². The molecule has 0 N–H and O–H groups in total. The highest BCUT2D eigenvalue weighted by Gasteiger charge is 2.19. The van der Waals surface area contributed by atoms with E-state index in [1.165, 1.54) is 76.8 Å². The van der Waals surface area contributed by atoms with Gasteiger partial charge in [-0.2, -0.15) is 0 Å². The first-order chi connectivity index (χ1) is 23.8. The predicted molar refractivity (Wildman–Crippen MR) is 208 cm³/mol. The topological polar surface area (TPSA) is 0 Å². The fraction of sp³-hybridized carbons (Fsp3) is 0. The Hall–Kier alpha value is -6.24. The van der Waals surface area contributed by atoms with Gasteiger partial charge in [-0.15, -0.1) is 0 Å². The molecule has 0 aliphatic carbocycles. The molecule has 0 saturated heterocycles. The van der Waals surface area contributed by atoms with E-state index in [0.29, 0.717) is 0 Å². The predicted octanol–water partition coefficient (Wildman–Crippen LogP) is 13.3. The molecule has 0 bridgehead atoms. The first-order valence-corrected chi connectivity index (χ1v) is 16.5. The normalized spacial score (nSPS) is 11.9. The Morgan fingerprint density at radius 3 is 1.58 bits per heavy atom. The Morgan fingerprint density at radius 2 is 0.958 bits per heavy atom. The van der Waals surface area contributed by atoms with Crippen LogP contribution >= 0.6 is 0 Å². The summed E-state index contributed by atoms with van der Waals surface area (Å²) < 4.78 is 0. The first kappa shape index (κ1) is 29.2. The van der Waals surface area contributed by atoms with Gasteiger partial charge in [-0.3, -0.25) is 0 Å². The average molecular weight is 611 g/mol. The van der Waals surface area contributed by atoms with E-state index >= 15 is 0 Å². The van der Waals surface area contributed by atoms with E-state index in [4.69, 9.17) is 0 Å². The van der Waals surface area contributed by atoms with E-state index < -0.39 is 0 Å². The van der Waals surface area contributed by atoms with Crippen molar-refractivity contribution in [2.45, 2.75) is 0 Å². The molecule has 0 aliphatic heterocycles. The van der Waals surface area contributed by atoms with Gasteiger partial charge < -0.3 is 0 Å². The monoisotopic (exact) mass is 610 g/mol. The van der Waals surface area contributed by atoms with Gasteiger partial charge in [-0.25, -0.2) is 0 Å². The minimum atomic E-state index is 1.16. The third-order valence-corrected chi connectivity index (χ3v) is 9.25. The van der Waals surface area contributed by atoms with Crippen molar-refractivity contribution in [2.24, 2.45) is 0 Å². The van der Waals surface area contributed by atoms with Crippen LogP contribution in [0.5, 0.6) is 0 Å². The van der Waals surface area contributed by atoms with Crippen LogP contribution in [0.15, 0.2) is 201 Å². The number of fused-ring (bicyclic) bond motifs is 3. The molecule has 0 fully saturated rings. The van der Waals surface area contributed by atoms with E-state index in [0.717, 1.165) is 5.57 Å². The van der Waals surface area contributed by atoms with Crippen molar-refractivity contribution in [1.82, 2.24) is 0 Å². The summed E-state index contributed by atoms with van der Waals surface area (Å²) in [5.74, 6) is 0. The third-order valence-electron chi connectivity index (χ3n) is 9.25. The van der Waals surface area contributed by atoms with Gasteiger partial charge in [0.1, 0.15) is 0 Å². The van der Waals surface area contributed by atoms with Crippen LogP contribution in [0, 0.1) is 0 Å². The Labute approximate surface area is 282 Å². The lowest BCUT2D eigenvalue weighted by atomic mass is 9.83. The van der Waals surface area contributed by atoms with Crippen molar-refractivity contribution < 1.29 is 0 Å². The van der Waals surface area contributed by atoms with Crippen molar-refractivity contribution in [3.63, 3.8) is 0 Å². The molecule has 48 heavy (non-hydrogen) atoms. The molecule has 8 aromatic carbocycles. The van der Waals surface area contributed by atoms with Crippen LogP contribution in [-0.4, -0.2) is 0 Å². The second-order valence-corrected chi connectivity index (χ2v) is 12.1. The molecule has 0 heteroatoms. The van der Waals surface area contributed by atoms with Crippen molar-refractivity contribution in [2.75, 3.05) is 0 Å². The van der Waals surface area contributed by atoms with Crippen LogP contribution in [0.2, 0.25) is 0 Å². The molecule has 0 spiro atoms. The molecule has 8 rings (SSSR count). The Morgan fingerprint density at radius 1 is 0.417 bits per heavy atom. The maximum atomic E-state index is 3.93. The maximum absolute atomic E-state index is 3.93. The van der Waals surface area contributed by atoms with Gasteiger partial charge in [0, 0.05) is 0 Å². The SMILES string of the molecule is C=C/C=C\C=C(/c1ccc2ccccc2c1)c1cc(-c2c3ccccc3c(-c3ccccc3)c3ccccc23)ccc1-c1ccccc1. The molecular weight excluding hydrogens is 577 g/mol. The fourth-order valence-corrected chi connectivity index (χ4v) is 7.08. The Kier molecular flexibility index (Phi) is 7.82. The molecule has 0 radical (unpaired) electrons. The van der Waals surface area contributed by atoms with Crippen LogP contribution in [-0.2, 0) is 0 Å². The molecule has 226 valence electrons. The molecule has 0 aliphatic rings. The van der Waals surface area contributed by atoms with Crippen molar-refractivity contribution in [3.8, 4) is 33.4 Å². The number of hydrogen-bond donors (Lipinski definition) is 0. The zero-order valence-electron chi connectivity index (χ0n) is 26.7. The van der Waals surface area contributed by atoms with Gasteiger partial charge in [-0.1, -0.05) is 189 Å². The number of allylic oxidation sites excluding steroid dienone is 4. The lowest BCUT2D eigenvalue weighted by Crippen LogP contribution is -1.96. The van der Waals surface area contributed by atoms with Crippen LogP contribution in [0.4, 0.5) is 0 Å². The van der Waals surface area contributed by atoms with Crippen LogP contribution in [0.3, 0.4) is 0 Å². The van der Waals surface area contributed by atoms with Crippen molar-refractivity contribution in [1.29, 1.82) is 0 Å². The molecule has 8 aromatic rings. The summed E-state index contributed by atoms with van der Waals surface area (Å²) in [5.41, 5.74) is 10.8. The smallest absolute Gasteiger partial charge is 0.00261 e. The zero-order valence-corrected chi connectivity index (χ0v) is 26.7. The minimum absolute atomic E-state index is 1.16. The molecular formula is C48H34. The van der Waals surface area contributed by atoms with Crippen LogP contribution in [0.25, 0.3) is 71.3 Å². The van der Waals surface area contributed by atoms with Gasteiger partial charge in [0.25, 0.3) is 0 Å². The summed E-state index contributed by atoms with van der Waals surface area (Å²) in [5, 5.41) is 7.46. The van der Waals surface area contributed by atoms with Crippen LogP contribution in [0.1, 0.15) is 11.1 Å². The molecule has 0 atom stereocenters. The highest BCUT2D eigenvalue weighted by Crippen LogP contribution is 2.45. The van der Waals surface area contributed by atoms with Gasteiger partial charge in [0.05, 0.1) is 0 Å². The molecule has 0 unspecified atom stereocenters. The highest BCUT2D eigenvalue weighted by molar-refractivity contribution is 6.21. The van der Waals surface area contributed by atoms with Crippen molar-refractivity contribution in [3.05, 3.63) is 212 Å². The summed E-state index contributed by atoms with van der Waals surface area (Å²) >= 11 is 0. The molecule has 0 amide bonds. The zero-order chi connectivity index (χ0) is 32.3. The van der Waals surface area contributed by atoms with E-state index in [1.54, 1.807) is 0 Å². The largest absolute Gasteiger partial charge is 0.0991 e. The Balaban J connectivity index is 1.44. The minimum Gasteiger partial charge on any atom is -0.0991 e. The summed E-state index contributed by atoms with van der Waals surface area (Å²) in [7, 11) is 0. The lowest BCUT2D eigenvalue weighted by molar-refractivity contribution is 1.53. The number of benzene rings is 8. The van der Waals surface area contributed by atoms with Gasteiger partial charge >= 0.3 is 0 Å². The maximum Gasteiger partial charge on any atom is -0.00261 e. The second kappa shape index (κ2) is 12.9. The van der Waals surface area contributed by atoms with E-state index in [2.05, 4.69) is 189 Å². The molecule has 0 nitrogen and oxygen atoms in total. The lowest BCUT2D eigenvalue weighted by Gasteiger charge is -2.20. The first-order valence-electron chi connectivity index (χ1n) is 16.5. The van der Waals surface area contributed by atoms with Gasteiger partial charge in [-0.05, 0) is 94.5 Å². The number of rotatable bonds is 7. The summed E-state index contributed by atoms with van der Waals surface area (Å²) in [4.78, 5) is 0. The Bertz CT molecular complexity index is 2440. The standard InChI is InChI=1S/C48H34/c1-2-3-6-23-40(38-29-28-34-17-11-12-22-37(34)32-38)46-33-39(30-31-41(46)35-18-7-4-8-19-35)48-44-26-15-13-24-42(44)47(36-20-9-5-10-21-36)43-25-14-16-27-45(43)48/h2-33H,1H2/b6-3-,40-23+.